The first-order valence-corrected chi connectivity index (χ1v) is 8.94. The number of nitrogens with zero attached hydrogens (tertiary/aromatic N) is 3. The highest BCUT2D eigenvalue weighted by molar-refractivity contribution is 7.16. The van der Waals surface area contributed by atoms with Gasteiger partial charge in [-0.3, -0.25) is 4.79 Å². The van der Waals surface area contributed by atoms with Crippen LogP contribution in [0.4, 0.5) is 13.2 Å². The van der Waals surface area contributed by atoms with Crippen molar-refractivity contribution in [2.45, 2.75) is 32.6 Å². The molecule has 138 valence electrons. The second-order valence-electron chi connectivity index (χ2n) is 6.13. The molecule has 0 amide bonds. The maximum absolute atomic E-state index is 12.6. The number of fused-ring (bicyclic) bond motifs is 1. The summed E-state index contributed by atoms with van der Waals surface area (Å²) in [5.41, 5.74) is 0.560. The van der Waals surface area contributed by atoms with Gasteiger partial charge in [0.1, 0.15) is 23.8 Å². The van der Waals surface area contributed by atoms with Gasteiger partial charge in [-0.1, -0.05) is 30.4 Å². The third-order valence-corrected chi connectivity index (χ3v) is 4.97. The minimum atomic E-state index is -4.33. The minimum Gasteiger partial charge on any atom is -0.329 e. The summed E-state index contributed by atoms with van der Waals surface area (Å²) in [4.78, 5) is 18.2. The molecule has 0 bridgehead atoms. The Labute approximate surface area is 151 Å². The first kappa shape index (κ1) is 18.5. The van der Waals surface area contributed by atoms with Crippen molar-refractivity contribution in [3.63, 3.8) is 0 Å². The van der Waals surface area contributed by atoms with Crippen LogP contribution in [-0.2, 0) is 25.7 Å². The molecule has 3 aromatic rings. The molecule has 1 N–H and O–H groups in total. The first-order chi connectivity index (χ1) is 12.3. The van der Waals surface area contributed by atoms with Crippen molar-refractivity contribution in [2.24, 2.45) is 0 Å². The van der Waals surface area contributed by atoms with E-state index in [1.54, 1.807) is 0 Å². The van der Waals surface area contributed by atoms with E-state index in [2.05, 4.69) is 10.1 Å². The summed E-state index contributed by atoms with van der Waals surface area (Å²) < 4.78 is 39.1. The minimum absolute atomic E-state index is 0.219. The van der Waals surface area contributed by atoms with E-state index in [0.717, 1.165) is 34.0 Å². The fourth-order valence-corrected chi connectivity index (χ4v) is 3.52. The van der Waals surface area contributed by atoms with Gasteiger partial charge in [-0.25, -0.2) is 4.98 Å². The van der Waals surface area contributed by atoms with E-state index < -0.39 is 11.7 Å². The lowest BCUT2D eigenvalue weighted by molar-refractivity contribution is -0.908. The maximum Gasteiger partial charge on any atom is 0.416 e. The molecular formula is C17H18F3N4OS+. The Morgan fingerprint density at radius 3 is 2.50 bits per heavy atom. The number of aryl methyl sites for hydroxylation is 1. The number of aromatic nitrogens is 3. The van der Waals surface area contributed by atoms with Crippen LogP contribution in [0.1, 0.15) is 28.8 Å². The van der Waals surface area contributed by atoms with Crippen LogP contribution in [-0.4, -0.2) is 21.6 Å². The van der Waals surface area contributed by atoms with Gasteiger partial charge in [-0.15, -0.1) is 0 Å². The van der Waals surface area contributed by atoms with Crippen molar-refractivity contribution in [2.75, 3.05) is 7.05 Å². The topological polar surface area (TPSA) is 51.7 Å². The lowest BCUT2D eigenvalue weighted by atomic mass is 10.1. The smallest absolute Gasteiger partial charge is 0.329 e. The van der Waals surface area contributed by atoms with Crippen molar-refractivity contribution < 1.29 is 18.1 Å². The third kappa shape index (κ3) is 4.10. The molecule has 2 aromatic heterocycles. The summed E-state index contributed by atoms with van der Waals surface area (Å²) in [5, 5.41) is 5.05. The van der Waals surface area contributed by atoms with Crippen molar-refractivity contribution in [1.82, 2.24) is 14.6 Å². The Morgan fingerprint density at radius 1 is 1.19 bits per heavy atom. The summed E-state index contributed by atoms with van der Waals surface area (Å²) in [7, 11) is 1.91. The van der Waals surface area contributed by atoms with Gasteiger partial charge in [0.05, 0.1) is 12.6 Å². The van der Waals surface area contributed by atoms with Crippen molar-refractivity contribution in [3.05, 3.63) is 62.5 Å². The van der Waals surface area contributed by atoms with Crippen molar-refractivity contribution >= 4 is 16.3 Å². The average molecular weight is 383 g/mol. The van der Waals surface area contributed by atoms with Crippen LogP contribution < -0.4 is 10.5 Å². The molecule has 5 nitrogen and oxygen atoms in total. The molecule has 0 aliphatic rings. The van der Waals surface area contributed by atoms with Gasteiger partial charge in [-0.05, 0) is 18.6 Å². The van der Waals surface area contributed by atoms with Gasteiger partial charge in [-0.2, -0.15) is 22.8 Å². The molecule has 1 aromatic carbocycles. The zero-order valence-electron chi connectivity index (χ0n) is 14.3. The summed E-state index contributed by atoms with van der Waals surface area (Å²) in [6, 6.07) is 6.59. The zero-order chi connectivity index (χ0) is 18.9. The number of alkyl halides is 3. The number of benzene rings is 1. The van der Waals surface area contributed by atoms with E-state index in [9.17, 15) is 18.0 Å². The van der Waals surface area contributed by atoms with Crippen LogP contribution in [0.5, 0.6) is 0 Å². The molecule has 1 atom stereocenters. The molecule has 26 heavy (non-hydrogen) atoms. The van der Waals surface area contributed by atoms with Crippen LogP contribution in [0.2, 0.25) is 0 Å². The van der Waals surface area contributed by atoms with Gasteiger partial charge in [0, 0.05) is 11.6 Å². The van der Waals surface area contributed by atoms with E-state index in [0.29, 0.717) is 23.7 Å². The highest BCUT2D eigenvalue weighted by Gasteiger charge is 2.30. The maximum atomic E-state index is 12.6. The number of nitrogens with one attached hydrogen (secondary N) is 1. The largest absolute Gasteiger partial charge is 0.416 e. The van der Waals surface area contributed by atoms with Crippen molar-refractivity contribution in [3.8, 4) is 0 Å². The molecule has 1 unspecified atom stereocenters. The average Bonchev–Trinajstić information content (AvgIpc) is 2.98. The normalized spacial score (nSPS) is 13.3. The number of quaternary nitrogens is 1. The monoisotopic (exact) mass is 383 g/mol. The molecule has 0 saturated heterocycles. The predicted molar refractivity (Wildman–Crippen MR) is 92.3 cm³/mol. The number of rotatable bonds is 5. The van der Waals surface area contributed by atoms with Gasteiger partial charge >= 0.3 is 6.18 Å². The van der Waals surface area contributed by atoms with Gasteiger partial charge in [0.15, 0.2) is 0 Å². The Hall–Kier alpha value is -2.26. The third-order valence-electron chi connectivity index (χ3n) is 3.91. The molecule has 0 saturated carbocycles. The van der Waals surface area contributed by atoms with Crippen LogP contribution in [0.15, 0.2) is 35.1 Å². The Morgan fingerprint density at radius 2 is 1.88 bits per heavy atom. The molecule has 2 heterocycles. The predicted octanol–water partition coefficient (Wildman–Crippen LogP) is 1.95. The lowest BCUT2D eigenvalue weighted by Gasteiger charge is -2.14. The summed E-state index contributed by atoms with van der Waals surface area (Å²) >= 11 is 1.39. The SMILES string of the molecule is CCc1nn2c(=O)cc(C[NH+](C)Cc3ccc(C(F)(F)F)cc3)nc2s1. The second kappa shape index (κ2) is 7.16. The highest BCUT2D eigenvalue weighted by atomic mass is 32.1. The summed E-state index contributed by atoms with van der Waals surface area (Å²) in [6.07, 6.45) is -3.59. The first-order valence-electron chi connectivity index (χ1n) is 8.12. The Kier molecular flexibility index (Phi) is 5.10. The molecule has 0 aliphatic heterocycles. The van der Waals surface area contributed by atoms with Crippen LogP contribution in [0.25, 0.3) is 4.96 Å². The van der Waals surface area contributed by atoms with E-state index in [1.165, 1.54) is 34.1 Å². The number of hydrogen-bond acceptors (Lipinski definition) is 4. The molecule has 3 rings (SSSR count). The molecular weight excluding hydrogens is 365 g/mol. The molecule has 0 radical (unpaired) electrons. The highest BCUT2D eigenvalue weighted by Crippen LogP contribution is 2.28. The fraction of sp³-hybridized carbons (Fsp3) is 0.353. The van der Waals surface area contributed by atoms with E-state index in [-0.39, 0.29) is 5.56 Å². The van der Waals surface area contributed by atoms with E-state index in [4.69, 9.17) is 0 Å². The van der Waals surface area contributed by atoms with Gasteiger partial charge in [0.25, 0.3) is 5.56 Å². The van der Waals surface area contributed by atoms with Crippen LogP contribution in [0, 0.1) is 0 Å². The van der Waals surface area contributed by atoms with E-state index in [1.807, 2.05) is 14.0 Å². The van der Waals surface area contributed by atoms with E-state index >= 15 is 0 Å². The quantitative estimate of drug-likeness (QED) is 0.733. The Bertz CT molecular complexity index is 963. The second-order valence-corrected chi connectivity index (χ2v) is 7.18. The number of hydrogen-bond donors (Lipinski definition) is 1. The fourth-order valence-electron chi connectivity index (χ4n) is 2.66. The zero-order valence-corrected chi connectivity index (χ0v) is 15.1. The van der Waals surface area contributed by atoms with Gasteiger partial charge in [0.2, 0.25) is 4.96 Å². The summed E-state index contributed by atoms with van der Waals surface area (Å²) in [5.74, 6) is 0. The van der Waals surface area contributed by atoms with Crippen LogP contribution in [0.3, 0.4) is 0 Å². The molecule has 0 spiro atoms. The molecule has 0 fully saturated rings. The van der Waals surface area contributed by atoms with Gasteiger partial charge < -0.3 is 4.90 Å². The lowest BCUT2D eigenvalue weighted by Crippen LogP contribution is -3.06. The molecule has 0 aliphatic carbocycles. The number of halogens is 3. The molecule has 9 heteroatoms. The summed E-state index contributed by atoms with van der Waals surface area (Å²) in [6.45, 7) is 2.99. The van der Waals surface area contributed by atoms with Crippen molar-refractivity contribution in [1.29, 1.82) is 0 Å². The van der Waals surface area contributed by atoms with Crippen LogP contribution >= 0.6 is 11.3 Å². The standard InChI is InChI=1S/C17H17F3N4OS/c1-3-14-22-24-15(25)8-13(21-16(24)26-14)10-23(2)9-11-4-6-12(7-5-11)17(18,19)20/h4-8H,3,9-10H2,1-2H3/p+1. The Balaban J connectivity index is 1.72.